The monoisotopic (exact) mass is 863 g/mol. The zero-order valence-corrected chi connectivity index (χ0v) is 41.8. The van der Waals surface area contributed by atoms with Crippen LogP contribution in [0.15, 0.2) is 0 Å². The van der Waals surface area contributed by atoms with Crippen molar-refractivity contribution >= 4 is 17.9 Å². The van der Waals surface area contributed by atoms with E-state index in [-0.39, 0.29) is 31.1 Å². The Hall–Kier alpha value is -1.59. The number of esters is 3. The molecule has 0 saturated carbocycles. The first-order chi connectivity index (χ1) is 29.8. The molecular formula is C55H106O6. The van der Waals surface area contributed by atoms with Gasteiger partial charge < -0.3 is 14.2 Å². The zero-order chi connectivity index (χ0) is 44.7. The molecular weight excluding hydrogens is 757 g/mol. The molecule has 0 aliphatic carbocycles. The number of rotatable bonds is 49. The molecule has 0 fully saturated rings. The van der Waals surface area contributed by atoms with Crippen LogP contribution in [-0.4, -0.2) is 37.2 Å². The van der Waals surface area contributed by atoms with Gasteiger partial charge in [-0.3, -0.25) is 14.4 Å². The highest BCUT2D eigenvalue weighted by molar-refractivity contribution is 5.71. The molecule has 0 aromatic heterocycles. The van der Waals surface area contributed by atoms with E-state index in [9.17, 15) is 14.4 Å². The predicted octanol–water partition coefficient (Wildman–Crippen LogP) is 17.7. The summed E-state index contributed by atoms with van der Waals surface area (Å²) in [5.74, 6) is 0.858. The number of ether oxygens (including phenoxy) is 3. The van der Waals surface area contributed by atoms with Gasteiger partial charge in [-0.25, -0.2) is 0 Å². The highest BCUT2D eigenvalue weighted by Gasteiger charge is 2.19. The first-order valence-electron chi connectivity index (χ1n) is 27.3. The Kier molecular flexibility index (Phi) is 46.6. The second-order valence-electron chi connectivity index (χ2n) is 19.4. The van der Waals surface area contributed by atoms with Crippen LogP contribution >= 0.6 is 0 Å². The van der Waals surface area contributed by atoms with Crippen LogP contribution in [0.5, 0.6) is 0 Å². The third kappa shape index (κ3) is 46.2. The maximum Gasteiger partial charge on any atom is 0.306 e. The molecule has 3 atom stereocenters. The second-order valence-corrected chi connectivity index (χ2v) is 19.4. The van der Waals surface area contributed by atoms with Crippen LogP contribution < -0.4 is 0 Å². The van der Waals surface area contributed by atoms with Crippen molar-refractivity contribution in [2.24, 2.45) is 11.8 Å². The van der Waals surface area contributed by atoms with E-state index in [0.29, 0.717) is 19.3 Å². The van der Waals surface area contributed by atoms with Gasteiger partial charge in [0.25, 0.3) is 0 Å². The van der Waals surface area contributed by atoms with E-state index in [2.05, 4.69) is 34.6 Å². The molecule has 0 aromatic carbocycles. The maximum absolute atomic E-state index is 12.8. The molecule has 2 unspecified atom stereocenters. The quantitative estimate of drug-likeness (QED) is 0.0344. The Balaban J connectivity index is 4.25. The lowest BCUT2D eigenvalue weighted by Gasteiger charge is -2.18. The summed E-state index contributed by atoms with van der Waals surface area (Å²) in [6.45, 7) is 11.4. The van der Waals surface area contributed by atoms with Crippen LogP contribution in [-0.2, 0) is 28.6 Å². The fraction of sp³-hybridized carbons (Fsp3) is 0.945. The maximum atomic E-state index is 12.8. The molecule has 0 amide bonds. The Morgan fingerprint density at radius 2 is 0.574 bits per heavy atom. The number of carbonyl (C=O) groups is 3. The largest absolute Gasteiger partial charge is 0.462 e. The summed E-state index contributed by atoms with van der Waals surface area (Å²) in [6.07, 6.45) is 49.4. The van der Waals surface area contributed by atoms with Gasteiger partial charge >= 0.3 is 17.9 Å². The average Bonchev–Trinajstić information content (AvgIpc) is 3.26. The summed E-state index contributed by atoms with van der Waals surface area (Å²) in [6, 6.07) is 0. The minimum Gasteiger partial charge on any atom is -0.462 e. The van der Waals surface area contributed by atoms with Gasteiger partial charge in [-0.15, -0.1) is 0 Å². The van der Waals surface area contributed by atoms with E-state index >= 15 is 0 Å². The smallest absolute Gasteiger partial charge is 0.306 e. The molecule has 6 nitrogen and oxygen atoms in total. The normalized spacial score (nSPS) is 12.9. The van der Waals surface area contributed by atoms with Crippen LogP contribution in [0, 0.1) is 11.8 Å². The SMILES string of the molecule is CCCCCCCCCCCCCCCCCC(=O)OC[C@@H](COC(=O)CCCCCCCCCCCCCCCCC(C)CC)OC(=O)CCCCCCCCC(C)CC. The molecule has 0 radical (unpaired) electrons. The topological polar surface area (TPSA) is 78.9 Å². The van der Waals surface area contributed by atoms with Crippen molar-refractivity contribution < 1.29 is 28.6 Å². The van der Waals surface area contributed by atoms with E-state index in [1.54, 1.807) is 0 Å². The van der Waals surface area contributed by atoms with E-state index in [4.69, 9.17) is 14.2 Å². The standard InChI is InChI=1S/C55H106O6/c1-6-9-10-11-12-13-14-15-16-20-23-26-29-35-40-45-53(56)59-48-52(61-55(58)47-42-37-32-31-34-39-44-51(5)8-3)49-60-54(57)46-41-36-30-27-24-21-18-17-19-22-25-28-33-38-43-50(4)7-2/h50-52H,6-49H2,1-5H3/t50?,51?,52-/m0/s1. The Morgan fingerprint density at radius 3 is 0.852 bits per heavy atom. The van der Waals surface area contributed by atoms with Crippen molar-refractivity contribution in [2.75, 3.05) is 13.2 Å². The zero-order valence-electron chi connectivity index (χ0n) is 41.8. The third-order valence-electron chi connectivity index (χ3n) is 13.2. The molecule has 61 heavy (non-hydrogen) atoms. The van der Waals surface area contributed by atoms with Gasteiger partial charge in [0.05, 0.1) is 0 Å². The van der Waals surface area contributed by atoms with Crippen LogP contribution in [0.1, 0.15) is 304 Å². The molecule has 0 bridgehead atoms. The third-order valence-corrected chi connectivity index (χ3v) is 13.2. The van der Waals surface area contributed by atoms with Gasteiger partial charge in [0.15, 0.2) is 6.10 Å². The summed E-state index contributed by atoms with van der Waals surface area (Å²) in [5.41, 5.74) is 0. The predicted molar refractivity (Wildman–Crippen MR) is 261 cm³/mol. The van der Waals surface area contributed by atoms with Crippen molar-refractivity contribution in [3.63, 3.8) is 0 Å². The minimum absolute atomic E-state index is 0.0642. The highest BCUT2D eigenvalue weighted by Crippen LogP contribution is 2.18. The Bertz CT molecular complexity index is 935. The Morgan fingerprint density at radius 1 is 0.328 bits per heavy atom. The lowest BCUT2D eigenvalue weighted by Crippen LogP contribution is -2.30. The molecule has 0 rings (SSSR count). The van der Waals surface area contributed by atoms with Crippen molar-refractivity contribution in [1.29, 1.82) is 0 Å². The number of hydrogen-bond donors (Lipinski definition) is 0. The van der Waals surface area contributed by atoms with Gasteiger partial charge in [-0.1, -0.05) is 266 Å². The first-order valence-corrected chi connectivity index (χ1v) is 27.3. The van der Waals surface area contributed by atoms with Gasteiger partial charge in [-0.05, 0) is 31.1 Å². The summed E-state index contributed by atoms with van der Waals surface area (Å²) < 4.78 is 16.8. The molecule has 6 heteroatoms. The summed E-state index contributed by atoms with van der Waals surface area (Å²) in [5, 5.41) is 0. The summed E-state index contributed by atoms with van der Waals surface area (Å²) in [4.78, 5) is 38.0. The van der Waals surface area contributed by atoms with Gasteiger partial charge in [0, 0.05) is 19.3 Å². The van der Waals surface area contributed by atoms with Crippen LogP contribution in [0.4, 0.5) is 0 Å². The molecule has 0 aromatic rings. The fourth-order valence-electron chi connectivity index (χ4n) is 8.28. The number of hydrogen-bond acceptors (Lipinski definition) is 6. The lowest BCUT2D eigenvalue weighted by molar-refractivity contribution is -0.167. The molecule has 0 aliphatic rings. The van der Waals surface area contributed by atoms with Gasteiger partial charge in [-0.2, -0.15) is 0 Å². The van der Waals surface area contributed by atoms with Crippen LogP contribution in [0.25, 0.3) is 0 Å². The molecule has 362 valence electrons. The average molecular weight is 863 g/mol. The number of carbonyl (C=O) groups excluding carboxylic acids is 3. The molecule has 0 heterocycles. The second kappa shape index (κ2) is 47.9. The van der Waals surface area contributed by atoms with Gasteiger partial charge in [0.2, 0.25) is 0 Å². The summed E-state index contributed by atoms with van der Waals surface area (Å²) >= 11 is 0. The van der Waals surface area contributed by atoms with Gasteiger partial charge in [0.1, 0.15) is 13.2 Å². The fourth-order valence-corrected chi connectivity index (χ4v) is 8.28. The lowest BCUT2D eigenvalue weighted by atomic mass is 9.99. The minimum atomic E-state index is -0.763. The molecule has 0 saturated heterocycles. The van der Waals surface area contributed by atoms with Crippen molar-refractivity contribution in [3.05, 3.63) is 0 Å². The highest BCUT2D eigenvalue weighted by atomic mass is 16.6. The first kappa shape index (κ1) is 59.4. The van der Waals surface area contributed by atoms with Crippen LogP contribution in [0.3, 0.4) is 0 Å². The van der Waals surface area contributed by atoms with E-state index < -0.39 is 6.10 Å². The van der Waals surface area contributed by atoms with Crippen molar-refractivity contribution in [1.82, 2.24) is 0 Å². The van der Waals surface area contributed by atoms with Crippen LogP contribution in [0.2, 0.25) is 0 Å². The molecule has 0 spiro atoms. The van der Waals surface area contributed by atoms with Crippen molar-refractivity contribution in [3.8, 4) is 0 Å². The Labute approximate surface area is 380 Å². The van der Waals surface area contributed by atoms with E-state index in [1.807, 2.05) is 0 Å². The molecule has 0 aliphatic heterocycles. The van der Waals surface area contributed by atoms with E-state index in [0.717, 1.165) is 69.6 Å². The van der Waals surface area contributed by atoms with E-state index in [1.165, 1.54) is 193 Å². The number of unbranched alkanes of at least 4 members (excludes halogenated alkanes) is 32. The summed E-state index contributed by atoms with van der Waals surface area (Å²) in [7, 11) is 0. The van der Waals surface area contributed by atoms with Crippen molar-refractivity contribution in [2.45, 2.75) is 310 Å². The molecule has 0 N–H and O–H groups in total.